The van der Waals surface area contributed by atoms with E-state index in [4.69, 9.17) is 9.47 Å². The van der Waals surface area contributed by atoms with Gasteiger partial charge in [-0.3, -0.25) is 9.79 Å². The van der Waals surface area contributed by atoms with Gasteiger partial charge < -0.3 is 19.3 Å². The zero-order chi connectivity index (χ0) is 21.1. The Kier molecular flexibility index (Phi) is 10.1. The van der Waals surface area contributed by atoms with Crippen LogP contribution in [0.3, 0.4) is 0 Å². The highest BCUT2D eigenvalue weighted by Gasteiger charge is 2.16. The summed E-state index contributed by atoms with van der Waals surface area (Å²) in [6, 6.07) is 0. The van der Waals surface area contributed by atoms with Gasteiger partial charge in [-0.25, -0.2) is 4.39 Å². The van der Waals surface area contributed by atoms with Gasteiger partial charge in [0.1, 0.15) is 18.6 Å². The molecular weight excluding hydrogens is 361 g/mol. The molecule has 0 heterocycles. The maximum Gasteiger partial charge on any atom is 0.254 e. The fourth-order valence-corrected chi connectivity index (χ4v) is 2.64. The number of carbonyl (C=O) groups is 1. The monoisotopic (exact) mass is 393 g/mol. The van der Waals surface area contributed by atoms with E-state index < -0.39 is 6.17 Å². The molecule has 0 aromatic carbocycles. The molecule has 2 atom stereocenters. The van der Waals surface area contributed by atoms with Crippen molar-refractivity contribution in [1.29, 1.82) is 0 Å². The van der Waals surface area contributed by atoms with Crippen molar-refractivity contribution in [2.45, 2.75) is 26.4 Å². The molecule has 7 heteroatoms. The molecule has 0 aromatic rings. The van der Waals surface area contributed by atoms with Crippen LogP contribution in [0.5, 0.6) is 0 Å². The number of aliphatic imine (C=N–C) groups is 1. The second-order valence-corrected chi connectivity index (χ2v) is 6.81. The highest BCUT2D eigenvalue weighted by Crippen LogP contribution is 2.19. The second kappa shape index (κ2) is 12.0. The normalized spacial score (nSPS) is 16.8. The first-order chi connectivity index (χ1) is 13.3. The Hall–Kier alpha value is -2.57. The van der Waals surface area contributed by atoms with Gasteiger partial charge in [0.05, 0.1) is 20.6 Å². The summed E-state index contributed by atoms with van der Waals surface area (Å²) in [5.74, 6) is 1.35. The van der Waals surface area contributed by atoms with Crippen molar-refractivity contribution in [2.75, 3.05) is 41.5 Å². The number of hydrogen-bond donors (Lipinski definition) is 0. The van der Waals surface area contributed by atoms with Gasteiger partial charge in [0, 0.05) is 32.6 Å². The fraction of sp³-hybridized carbons (Fsp3) is 0.524. The number of alkyl halides is 1. The number of nitrogens with zero attached hydrogens (tertiary/aromatic N) is 3. The summed E-state index contributed by atoms with van der Waals surface area (Å²) >= 11 is 0. The van der Waals surface area contributed by atoms with Crippen molar-refractivity contribution in [3.63, 3.8) is 0 Å². The summed E-state index contributed by atoms with van der Waals surface area (Å²) in [5.41, 5.74) is 0.562. The molecule has 0 saturated carbocycles. The fourth-order valence-electron chi connectivity index (χ4n) is 2.64. The molecule has 1 amide bonds. The maximum atomic E-state index is 12.8. The van der Waals surface area contributed by atoms with Crippen LogP contribution in [0.1, 0.15) is 20.3 Å². The van der Waals surface area contributed by atoms with E-state index in [9.17, 15) is 9.18 Å². The molecule has 2 unspecified atom stereocenters. The molecular formula is C21H32FN3O3. The molecule has 0 aromatic heterocycles. The smallest absolute Gasteiger partial charge is 0.254 e. The lowest BCUT2D eigenvalue weighted by Gasteiger charge is -2.18. The number of rotatable bonds is 10. The van der Waals surface area contributed by atoms with E-state index in [-0.39, 0.29) is 18.5 Å². The molecule has 0 N–H and O–H groups in total. The minimum absolute atomic E-state index is 0.128. The van der Waals surface area contributed by atoms with Crippen LogP contribution >= 0.6 is 0 Å². The first kappa shape index (κ1) is 23.5. The number of likely N-dealkylation sites (N-methyl/N-ethyl adjacent to an activating group) is 1. The molecule has 1 aliphatic carbocycles. The van der Waals surface area contributed by atoms with Gasteiger partial charge in [0.15, 0.2) is 5.76 Å². The minimum atomic E-state index is -0.941. The number of allylic oxidation sites excluding steroid dienone is 3. The Balaban J connectivity index is 2.57. The number of halogens is 1. The standard InChI is InChI=1S/C21H32FN3O3/c1-16(7-8-17(2)22)13-24(3)14-23-15-25(4)21(26)18-9-11-19(27-5)20(28-6)12-10-18/h7-11,14,16-17H,12-13,15H2,1-6H3/b8-7-,23-14-. The van der Waals surface area contributed by atoms with Crippen molar-refractivity contribution in [1.82, 2.24) is 9.80 Å². The van der Waals surface area contributed by atoms with Gasteiger partial charge in [-0.15, -0.1) is 0 Å². The van der Waals surface area contributed by atoms with E-state index in [2.05, 4.69) is 4.99 Å². The van der Waals surface area contributed by atoms with Crippen LogP contribution in [0.25, 0.3) is 0 Å². The van der Waals surface area contributed by atoms with Gasteiger partial charge in [-0.05, 0) is 25.0 Å². The summed E-state index contributed by atoms with van der Waals surface area (Å²) in [6.07, 6.45) is 9.90. The van der Waals surface area contributed by atoms with Crippen molar-refractivity contribution < 1.29 is 18.7 Å². The molecule has 0 bridgehead atoms. The lowest BCUT2D eigenvalue weighted by molar-refractivity contribution is -0.125. The topological polar surface area (TPSA) is 54.4 Å². The van der Waals surface area contributed by atoms with E-state index in [1.165, 1.54) is 6.92 Å². The third-order valence-corrected chi connectivity index (χ3v) is 4.11. The number of amides is 1. The number of ether oxygens (including phenoxy) is 2. The van der Waals surface area contributed by atoms with Crippen LogP contribution in [0.15, 0.2) is 52.5 Å². The van der Waals surface area contributed by atoms with Gasteiger partial charge in [-0.1, -0.05) is 25.2 Å². The average molecular weight is 394 g/mol. The predicted molar refractivity (Wildman–Crippen MR) is 111 cm³/mol. The van der Waals surface area contributed by atoms with Crippen molar-refractivity contribution in [3.05, 3.63) is 47.5 Å². The summed E-state index contributed by atoms with van der Waals surface area (Å²) in [5, 5.41) is 0. The summed E-state index contributed by atoms with van der Waals surface area (Å²) < 4.78 is 23.4. The van der Waals surface area contributed by atoms with E-state index in [0.717, 1.165) is 0 Å². The van der Waals surface area contributed by atoms with Crippen LogP contribution < -0.4 is 0 Å². The molecule has 0 radical (unpaired) electrons. The lowest BCUT2D eigenvalue weighted by atomic mass is 10.1. The van der Waals surface area contributed by atoms with Crippen LogP contribution in [-0.4, -0.2) is 69.7 Å². The summed E-state index contributed by atoms with van der Waals surface area (Å²) in [7, 11) is 6.75. The third-order valence-electron chi connectivity index (χ3n) is 4.11. The Morgan fingerprint density at radius 3 is 2.57 bits per heavy atom. The first-order valence-corrected chi connectivity index (χ1v) is 9.25. The maximum absolute atomic E-state index is 12.8. The molecule has 1 aliphatic rings. The zero-order valence-electron chi connectivity index (χ0n) is 17.7. The van der Waals surface area contributed by atoms with Crippen LogP contribution in [0.4, 0.5) is 4.39 Å². The van der Waals surface area contributed by atoms with E-state index in [1.54, 1.807) is 50.7 Å². The van der Waals surface area contributed by atoms with Crippen molar-refractivity contribution in [3.8, 4) is 0 Å². The summed E-state index contributed by atoms with van der Waals surface area (Å²) in [4.78, 5) is 20.4. The van der Waals surface area contributed by atoms with Gasteiger partial charge in [-0.2, -0.15) is 0 Å². The number of hydrogen-bond acceptors (Lipinski definition) is 4. The molecule has 6 nitrogen and oxygen atoms in total. The van der Waals surface area contributed by atoms with Crippen LogP contribution in [0.2, 0.25) is 0 Å². The average Bonchev–Trinajstić information content (AvgIpc) is 2.87. The Bertz CT molecular complexity index is 666. The van der Waals surface area contributed by atoms with E-state index >= 15 is 0 Å². The van der Waals surface area contributed by atoms with E-state index in [1.807, 2.05) is 31.0 Å². The largest absolute Gasteiger partial charge is 0.497 e. The molecule has 28 heavy (non-hydrogen) atoms. The number of methoxy groups -OCH3 is 2. The first-order valence-electron chi connectivity index (χ1n) is 9.25. The molecule has 0 spiro atoms. The SMILES string of the molecule is COC1=C(OC)CC=C(C(=O)N(C)C/N=C\N(C)CC(C)/C=C\C(C)F)C=C1. The Labute approximate surface area is 167 Å². The molecule has 0 aliphatic heterocycles. The predicted octanol–water partition coefficient (Wildman–Crippen LogP) is 3.30. The summed E-state index contributed by atoms with van der Waals surface area (Å²) in [6.45, 7) is 4.47. The van der Waals surface area contributed by atoms with Gasteiger partial charge in [0.25, 0.3) is 5.91 Å². The van der Waals surface area contributed by atoms with Crippen molar-refractivity contribution in [2.24, 2.45) is 10.9 Å². The van der Waals surface area contributed by atoms with Crippen LogP contribution in [-0.2, 0) is 14.3 Å². The third kappa shape index (κ3) is 7.98. The quantitative estimate of drug-likeness (QED) is 0.325. The Morgan fingerprint density at radius 2 is 1.96 bits per heavy atom. The minimum Gasteiger partial charge on any atom is -0.497 e. The molecule has 0 fully saturated rings. The van der Waals surface area contributed by atoms with Gasteiger partial charge in [0.2, 0.25) is 0 Å². The zero-order valence-corrected chi connectivity index (χ0v) is 17.7. The van der Waals surface area contributed by atoms with Crippen molar-refractivity contribution >= 4 is 12.2 Å². The second-order valence-electron chi connectivity index (χ2n) is 6.81. The Morgan fingerprint density at radius 1 is 1.25 bits per heavy atom. The molecule has 156 valence electrons. The van der Waals surface area contributed by atoms with Gasteiger partial charge >= 0.3 is 0 Å². The van der Waals surface area contributed by atoms with Crippen LogP contribution in [0, 0.1) is 5.92 Å². The highest BCUT2D eigenvalue weighted by atomic mass is 19.1. The molecule has 1 rings (SSSR count). The highest BCUT2D eigenvalue weighted by molar-refractivity contribution is 5.96. The molecule has 0 saturated heterocycles. The van der Waals surface area contributed by atoms with E-state index in [0.29, 0.717) is 30.1 Å². The lowest BCUT2D eigenvalue weighted by Crippen LogP contribution is -2.29. The number of carbonyl (C=O) groups excluding carboxylic acids is 1.